The number of nitrogens with one attached hydrogen (secondary N) is 2. The molecule has 0 saturated carbocycles. The van der Waals surface area contributed by atoms with Crippen LogP contribution in [0.5, 0.6) is 0 Å². The van der Waals surface area contributed by atoms with Gasteiger partial charge in [0.1, 0.15) is 0 Å². The van der Waals surface area contributed by atoms with Crippen molar-refractivity contribution >= 4 is 29.2 Å². The summed E-state index contributed by atoms with van der Waals surface area (Å²) in [6.45, 7) is 0. The lowest BCUT2D eigenvalue weighted by Gasteiger charge is -2.05. The summed E-state index contributed by atoms with van der Waals surface area (Å²) >= 11 is 5.10. The van der Waals surface area contributed by atoms with Crippen LogP contribution in [0.25, 0.3) is 0 Å². The predicted molar refractivity (Wildman–Crippen MR) is 77.6 cm³/mol. The second kappa shape index (κ2) is 6.46. The lowest BCUT2D eigenvalue weighted by atomic mass is 10.3. The standard InChI is InChI=1S/C13H12N4S/c18-13(16-12-6-2-1-3-7-12)17-15-10-11-5-4-8-14-9-11/h1-10H,(H2,16,17,18)/b15-10-. The Bertz CT molecular complexity index is 525. The van der Waals surface area contributed by atoms with Crippen molar-refractivity contribution in [3.8, 4) is 0 Å². The summed E-state index contributed by atoms with van der Waals surface area (Å²) in [7, 11) is 0. The quantitative estimate of drug-likeness (QED) is 0.503. The van der Waals surface area contributed by atoms with Gasteiger partial charge < -0.3 is 5.32 Å². The number of anilines is 1. The highest BCUT2D eigenvalue weighted by Crippen LogP contribution is 2.04. The molecular weight excluding hydrogens is 244 g/mol. The van der Waals surface area contributed by atoms with Crippen LogP contribution in [0, 0.1) is 0 Å². The van der Waals surface area contributed by atoms with Crippen LogP contribution in [0.3, 0.4) is 0 Å². The number of hydrogen-bond acceptors (Lipinski definition) is 3. The van der Waals surface area contributed by atoms with Crippen LogP contribution in [-0.2, 0) is 0 Å². The molecule has 0 aliphatic rings. The average molecular weight is 256 g/mol. The molecule has 0 atom stereocenters. The van der Waals surface area contributed by atoms with Gasteiger partial charge in [-0.2, -0.15) is 5.10 Å². The zero-order valence-electron chi connectivity index (χ0n) is 9.58. The molecule has 0 saturated heterocycles. The van der Waals surface area contributed by atoms with Crippen molar-refractivity contribution in [1.82, 2.24) is 10.4 Å². The van der Waals surface area contributed by atoms with Crippen molar-refractivity contribution < 1.29 is 0 Å². The summed E-state index contributed by atoms with van der Waals surface area (Å²) in [4.78, 5) is 3.98. The van der Waals surface area contributed by atoms with E-state index in [-0.39, 0.29) is 0 Å². The van der Waals surface area contributed by atoms with E-state index in [1.54, 1.807) is 18.6 Å². The Balaban J connectivity index is 1.84. The number of nitrogens with zero attached hydrogens (tertiary/aromatic N) is 2. The molecule has 0 radical (unpaired) electrons. The van der Waals surface area contributed by atoms with Crippen LogP contribution >= 0.6 is 12.2 Å². The highest BCUT2D eigenvalue weighted by molar-refractivity contribution is 7.80. The van der Waals surface area contributed by atoms with Gasteiger partial charge in [0.25, 0.3) is 0 Å². The number of rotatable bonds is 3. The normalized spacial score (nSPS) is 10.2. The van der Waals surface area contributed by atoms with Gasteiger partial charge in [-0.05, 0) is 30.4 Å². The van der Waals surface area contributed by atoms with Crippen molar-refractivity contribution in [2.75, 3.05) is 5.32 Å². The number of hydrazone groups is 1. The summed E-state index contributed by atoms with van der Waals surface area (Å²) < 4.78 is 0. The predicted octanol–water partition coefficient (Wildman–Crippen LogP) is 2.40. The third-order valence-electron chi connectivity index (χ3n) is 2.10. The Morgan fingerprint density at radius 1 is 1.17 bits per heavy atom. The molecule has 2 aromatic rings. The molecule has 0 spiro atoms. The van der Waals surface area contributed by atoms with E-state index in [0.717, 1.165) is 11.3 Å². The molecule has 0 unspecified atom stereocenters. The molecular formula is C13H12N4S. The molecule has 0 aliphatic heterocycles. The maximum atomic E-state index is 5.10. The van der Waals surface area contributed by atoms with Gasteiger partial charge in [-0.3, -0.25) is 10.4 Å². The number of thiocarbonyl (C=S) groups is 1. The van der Waals surface area contributed by atoms with Gasteiger partial charge >= 0.3 is 0 Å². The molecule has 0 aliphatic carbocycles. The van der Waals surface area contributed by atoms with E-state index in [1.807, 2.05) is 42.5 Å². The lowest BCUT2D eigenvalue weighted by molar-refractivity contribution is 1.05. The van der Waals surface area contributed by atoms with Gasteiger partial charge in [0, 0.05) is 23.6 Å². The van der Waals surface area contributed by atoms with Gasteiger partial charge in [0.05, 0.1) is 6.21 Å². The Kier molecular flexibility index (Phi) is 4.38. The van der Waals surface area contributed by atoms with Crippen LogP contribution in [0.15, 0.2) is 60.0 Å². The number of hydrogen-bond donors (Lipinski definition) is 2. The minimum absolute atomic E-state index is 0.446. The van der Waals surface area contributed by atoms with E-state index in [9.17, 15) is 0 Å². The molecule has 1 aromatic carbocycles. The van der Waals surface area contributed by atoms with Crippen molar-refractivity contribution in [3.05, 3.63) is 60.4 Å². The van der Waals surface area contributed by atoms with Gasteiger partial charge in [-0.25, -0.2) is 0 Å². The highest BCUT2D eigenvalue weighted by atomic mass is 32.1. The zero-order chi connectivity index (χ0) is 12.6. The molecule has 0 amide bonds. The first-order valence-electron chi connectivity index (χ1n) is 5.40. The largest absolute Gasteiger partial charge is 0.331 e. The van der Waals surface area contributed by atoms with E-state index < -0.39 is 0 Å². The monoisotopic (exact) mass is 256 g/mol. The fraction of sp³-hybridized carbons (Fsp3) is 0. The second-order valence-corrected chi connectivity index (χ2v) is 3.88. The maximum Gasteiger partial charge on any atom is 0.191 e. The third kappa shape index (κ3) is 3.95. The first-order valence-corrected chi connectivity index (χ1v) is 5.80. The summed E-state index contributed by atoms with van der Waals surface area (Å²) in [5.74, 6) is 0. The molecule has 4 nitrogen and oxygen atoms in total. The smallest absolute Gasteiger partial charge is 0.191 e. The van der Waals surface area contributed by atoms with E-state index in [2.05, 4.69) is 20.8 Å². The molecule has 0 bridgehead atoms. The number of aromatic nitrogens is 1. The highest BCUT2D eigenvalue weighted by Gasteiger charge is 1.93. The van der Waals surface area contributed by atoms with Gasteiger partial charge in [-0.15, -0.1) is 0 Å². The van der Waals surface area contributed by atoms with Crippen molar-refractivity contribution in [3.63, 3.8) is 0 Å². The van der Waals surface area contributed by atoms with Gasteiger partial charge in [-0.1, -0.05) is 24.3 Å². The SMILES string of the molecule is S=C(N/N=C\c1cccnc1)Nc1ccccc1. The van der Waals surface area contributed by atoms with E-state index in [4.69, 9.17) is 12.2 Å². The third-order valence-corrected chi connectivity index (χ3v) is 2.29. The lowest BCUT2D eigenvalue weighted by Crippen LogP contribution is -2.23. The molecule has 5 heteroatoms. The second-order valence-electron chi connectivity index (χ2n) is 3.48. The summed E-state index contributed by atoms with van der Waals surface area (Å²) in [5, 5.41) is 7.48. The Labute approximate surface area is 111 Å². The number of pyridine rings is 1. The molecule has 2 rings (SSSR count). The molecule has 2 N–H and O–H groups in total. The average Bonchev–Trinajstić information content (AvgIpc) is 2.41. The van der Waals surface area contributed by atoms with Crippen LogP contribution in [0.1, 0.15) is 5.56 Å². The van der Waals surface area contributed by atoms with Crippen molar-refractivity contribution in [2.24, 2.45) is 5.10 Å². The van der Waals surface area contributed by atoms with E-state index in [1.165, 1.54) is 0 Å². The summed E-state index contributed by atoms with van der Waals surface area (Å²) in [6.07, 6.45) is 5.09. The first-order chi connectivity index (χ1) is 8.84. The van der Waals surface area contributed by atoms with E-state index in [0.29, 0.717) is 5.11 Å². The summed E-state index contributed by atoms with van der Waals surface area (Å²) in [5.41, 5.74) is 4.57. The van der Waals surface area contributed by atoms with Gasteiger partial charge in [0.2, 0.25) is 0 Å². The Morgan fingerprint density at radius 2 is 2.00 bits per heavy atom. The molecule has 1 aromatic heterocycles. The van der Waals surface area contributed by atoms with Crippen molar-refractivity contribution in [2.45, 2.75) is 0 Å². The molecule has 90 valence electrons. The fourth-order valence-corrected chi connectivity index (χ4v) is 1.47. The van der Waals surface area contributed by atoms with Crippen LogP contribution < -0.4 is 10.7 Å². The Morgan fingerprint density at radius 3 is 2.72 bits per heavy atom. The fourth-order valence-electron chi connectivity index (χ4n) is 1.30. The molecule has 1 heterocycles. The number of benzene rings is 1. The molecule has 0 fully saturated rings. The minimum Gasteiger partial charge on any atom is -0.331 e. The van der Waals surface area contributed by atoms with Crippen LogP contribution in [-0.4, -0.2) is 16.3 Å². The molecule has 18 heavy (non-hydrogen) atoms. The zero-order valence-corrected chi connectivity index (χ0v) is 10.4. The minimum atomic E-state index is 0.446. The van der Waals surface area contributed by atoms with Crippen LogP contribution in [0.4, 0.5) is 5.69 Å². The Hall–Kier alpha value is -2.27. The maximum absolute atomic E-state index is 5.10. The number of para-hydroxylation sites is 1. The van der Waals surface area contributed by atoms with Crippen molar-refractivity contribution in [1.29, 1.82) is 0 Å². The van der Waals surface area contributed by atoms with Crippen LogP contribution in [0.2, 0.25) is 0 Å². The van der Waals surface area contributed by atoms with E-state index >= 15 is 0 Å². The first kappa shape index (κ1) is 12.2. The summed E-state index contributed by atoms with van der Waals surface area (Å²) in [6, 6.07) is 13.4. The van der Waals surface area contributed by atoms with Gasteiger partial charge in [0.15, 0.2) is 5.11 Å². The topological polar surface area (TPSA) is 49.3 Å².